The fraction of sp³-hybridized carbons (Fsp3) is 0.167. The summed E-state index contributed by atoms with van der Waals surface area (Å²) in [6, 6.07) is 8.08. The molecule has 118 valence electrons. The normalized spacial score (nSPS) is 14.9. The van der Waals surface area contributed by atoms with Crippen LogP contribution in [0.2, 0.25) is 0 Å². The van der Waals surface area contributed by atoms with Crippen LogP contribution in [0.4, 0.5) is 0 Å². The van der Waals surface area contributed by atoms with E-state index in [4.69, 9.17) is 9.47 Å². The molecule has 0 amide bonds. The Morgan fingerprint density at radius 2 is 1.70 bits per heavy atom. The number of rotatable bonds is 3. The van der Waals surface area contributed by atoms with Crippen LogP contribution < -0.4 is 9.47 Å². The maximum Gasteiger partial charge on any atom is 0.200 e. The summed E-state index contributed by atoms with van der Waals surface area (Å²) in [5.41, 5.74) is 2.71. The van der Waals surface area contributed by atoms with Gasteiger partial charge in [0, 0.05) is 17.6 Å². The van der Waals surface area contributed by atoms with Crippen LogP contribution in [0.5, 0.6) is 23.0 Å². The van der Waals surface area contributed by atoms with Gasteiger partial charge in [-0.1, -0.05) is 6.07 Å². The standard InChI is InChI=1S/C18H16O5/c1-22-15-6-10(7-16(23-2)18(15)21)5-12-8-11-3-4-13(19)9-14(11)17(12)20/h3-7,9,19,21H,8H2,1-2H3/b12-5+. The maximum absolute atomic E-state index is 12.4. The van der Waals surface area contributed by atoms with Crippen molar-refractivity contribution in [3.8, 4) is 23.0 Å². The Morgan fingerprint density at radius 1 is 1.04 bits per heavy atom. The first-order chi connectivity index (χ1) is 11.0. The molecule has 0 saturated carbocycles. The van der Waals surface area contributed by atoms with E-state index < -0.39 is 0 Å². The number of Topliss-reactive ketones (excluding diaryl/α,β-unsaturated/α-hetero) is 1. The van der Waals surface area contributed by atoms with Crippen LogP contribution in [-0.2, 0) is 6.42 Å². The lowest BCUT2D eigenvalue weighted by Gasteiger charge is -2.09. The number of phenols is 2. The zero-order chi connectivity index (χ0) is 16.6. The topological polar surface area (TPSA) is 76.0 Å². The van der Waals surface area contributed by atoms with E-state index >= 15 is 0 Å². The third-order valence-electron chi connectivity index (χ3n) is 3.85. The van der Waals surface area contributed by atoms with Crippen LogP contribution in [0.15, 0.2) is 35.9 Å². The monoisotopic (exact) mass is 312 g/mol. The predicted octanol–water partition coefficient (Wildman–Crippen LogP) is 2.94. The van der Waals surface area contributed by atoms with E-state index in [0.29, 0.717) is 23.1 Å². The van der Waals surface area contributed by atoms with Gasteiger partial charge in [0.05, 0.1) is 14.2 Å². The molecule has 5 heteroatoms. The number of methoxy groups -OCH3 is 2. The Kier molecular flexibility index (Phi) is 3.70. The van der Waals surface area contributed by atoms with Crippen molar-refractivity contribution in [2.24, 2.45) is 0 Å². The highest BCUT2D eigenvalue weighted by Gasteiger charge is 2.25. The highest BCUT2D eigenvalue weighted by atomic mass is 16.5. The second-order valence-electron chi connectivity index (χ2n) is 5.29. The predicted molar refractivity (Wildman–Crippen MR) is 85.3 cm³/mol. The molecule has 2 aromatic rings. The Balaban J connectivity index is 2.02. The number of carbonyl (C=O) groups excluding carboxylic acids is 1. The SMILES string of the molecule is COc1cc(/C=C2\Cc3ccc(O)cc3C2=O)cc(OC)c1O. The first kappa shape index (κ1) is 15.0. The van der Waals surface area contributed by atoms with Crippen molar-refractivity contribution in [3.05, 3.63) is 52.6 Å². The average Bonchev–Trinajstić information content (AvgIpc) is 2.85. The first-order valence-electron chi connectivity index (χ1n) is 7.05. The van der Waals surface area contributed by atoms with E-state index in [0.717, 1.165) is 5.56 Å². The summed E-state index contributed by atoms with van der Waals surface area (Å²) in [6.07, 6.45) is 2.24. The minimum atomic E-state index is -0.109. The van der Waals surface area contributed by atoms with Crippen molar-refractivity contribution in [1.82, 2.24) is 0 Å². The molecule has 2 N–H and O–H groups in total. The van der Waals surface area contributed by atoms with Crippen LogP contribution in [0, 0.1) is 0 Å². The summed E-state index contributed by atoms with van der Waals surface area (Å²) in [5, 5.41) is 19.5. The molecule has 0 atom stereocenters. The van der Waals surface area contributed by atoms with Crippen molar-refractivity contribution in [3.63, 3.8) is 0 Å². The first-order valence-corrected chi connectivity index (χ1v) is 7.05. The van der Waals surface area contributed by atoms with Crippen LogP contribution in [-0.4, -0.2) is 30.2 Å². The fourth-order valence-electron chi connectivity index (χ4n) is 2.70. The lowest BCUT2D eigenvalue weighted by molar-refractivity contribution is 0.104. The Labute approximate surface area is 133 Å². The molecule has 1 aliphatic rings. The Bertz CT molecular complexity index is 795. The molecule has 2 aromatic carbocycles. The summed E-state index contributed by atoms with van der Waals surface area (Å²) in [6.45, 7) is 0. The van der Waals surface area contributed by atoms with Gasteiger partial charge in [-0.2, -0.15) is 0 Å². The summed E-state index contributed by atoms with van der Waals surface area (Å²) in [4.78, 5) is 12.4. The van der Waals surface area contributed by atoms with Crippen LogP contribution in [0.3, 0.4) is 0 Å². The molecule has 0 fully saturated rings. The van der Waals surface area contributed by atoms with Gasteiger partial charge in [-0.25, -0.2) is 0 Å². The summed E-state index contributed by atoms with van der Waals surface area (Å²) in [7, 11) is 2.90. The zero-order valence-corrected chi connectivity index (χ0v) is 12.8. The molecule has 0 radical (unpaired) electrons. The largest absolute Gasteiger partial charge is 0.508 e. The molecule has 5 nitrogen and oxygen atoms in total. The number of ether oxygens (including phenoxy) is 2. The van der Waals surface area contributed by atoms with Gasteiger partial charge in [0.15, 0.2) is 17.3 Å². The highest BCUT2D eigenvalue weighted by Crippen LogP contribution is 2.38. The number of phenolic OH excluding ortho intramolecular Hbond substituents is 2. The molecule has 0 heterocycles. The van der Waals surface area contributed by atoms with E-state index in [-0.39, 0.29) is 28.8 Å². The molecule has 0 spiro atoms. The zero-order valence-electron chi connectivity index (χ0n) is 12.8. The fourth-order valence-corrected chi connectivity index (χ4v) is 2.70. The Morgan fingerprint density at radius 3 is 2.30 bits per heavy atom. The second kappa shape index (κ2) is 5.68. The van der Waals surface area contributed by atoms with E-state index in [9.17, 15) is 15.0 Å². The lowest BCUT2D eigenvalue weighted by Crippen LogP contribution is -1.96. The van der Waals surface area contributed by atoms with Gasteiger partial charge < -0.3 is 19.7 Å². The van der Waals surface area contributed by atoms with E-state index in [2.05, 4.69) is 0 Å². The van der Waals surface area contributed by atoms with Crippen molar-refractivity contribution in [2.45, 2.75) is 6.42 Å². The van der Waals surface area contributed by atoms with Gasteiger partial charge in [-0.05, 0) is 41.5 Å². The average molecular weight is 312 g/mol. The summed E-state index contributed by atoms with van der Waals surface area (Å²) < 4.78 is 10.2. The van der Waals surface area contributed by atoms with Crippen molar-refractivity contribution >= 4 is 11.9 Å². The second-order valence-corrected chi connectivity index (χ2v) is 5.29. The van der Waals surface area contributed by atoms with Crippen molar-refractivity contribution in [2.75, 3.05) is 14.2 Å². The molecule has 0 aliphatic heterocycles. The summed E-state index contributed by atoms with van der Waals surface area (Å²) >= 11 is 0. The summed E-state index contributed by atoms with van der Waals surface area (Å²) in [5.74, 6) is 0.435. The minimum Gasteiger partial charge on any atom is -0.508 e. The number of carbonyl (C=O) groups is 1. The molecular formula is C18H16O5. The molecule has 3 rings (SSSR count). The number of benzene rings is 2. The molecular weight excluding hydrogens is 296 g/mol. The highest BCUT2D eigenvalue weighted by molar-refractivity contribution is 6.15. The van der Waals surface area contributed by atoms with Gasteiger partial charge in [-0.3, -0.25) is 4.79 Å². The molecule has 0 aromatic heterocycles. The molecule has 0 saturated heterocycles. The lowest BCUT2D eigenvalue weighted by atomic mass is 10.1. The minimum absolute atomic E-state index is 0.0753. The molecule has 23 heavy (non-hydrogen) atoms. The van der Waals surface area contributed by atoms with E-state index in [1.807, 2.05) is 0 Å². The van der Waals surface area contributed by atoms with Gasteiger partial charge in [0.25, 0.3) is 0 Å². The third-order valence-corrected chi connectivity index (χ3v) is 3.85. The molecule has 0 bridgehead atoms. The van der Waals surface area contributed by atoms with Gasteiger partial charge in [0.2, 0.25) is 5.75 Å². The number of ketones is 1. The van der Waals surface area contributed by atoms with Crippen LogP contribution in [0.25, 0.3) is 6.08 Å². The number of hydrogen-bond acceptors (Lipinski definition) is 5. The number of allylic oxidation sites excluding steroid dienone is 1. The van der Waals surface area contributed by atoms with Crippen molar-refractivity contribution in [1.29, 1.82) is 0 Å². The smallest absolute Gasteiger partial charge is 0.200 e. The van der Waals surface area contributed by atoms with Crippen LogP contribution in [0.1, 0.15) is 21.5 Å². The quantitative estimate of drug-likeness (QED) is 0.852. The van der Waals surface area contributed by atoms with E-state index in [1.54, 1.807) is 30.3 Å². The number of hydrogen-bond donors (Lipinski definition) is 2. The van der Waals surface area contributed by atoms with E-state index in [1.165, 1.54) is 20.3 Å². The molecule has 0 unspecified atom stereocenters. The third kappa shape index (κ3) is 2.61. The van der Waals surface area contributed by atoms with Crippen LogP contribution >= 0.6 is 0 Å². The maximum atomic E-state index is 12.4. The number of aromatic hydroxyl groups is 2. The number of fused-ring (bicyclic) bond motifs is 1. The van der Waals surface area contributed by atoms with Crippen molar-refractivity contribution < 1.29 is 24.5 Å². The van der Waals surface area contributed by atoms with Gasteiger partial charge in [-0.15, -0.1) is 0 Å². The molecule has 1 aliphatic carbocycles. The van der Waals surface area contributed by atoms with Gasteiger partial charge >= 0.3 is 0 Å². The van der Waals surface area contributed by atoms with Gasteiger partial charge in [0.1, 0.15) is 5.75 Å². The Hall–Kier alpha value is -2.95.